The Hall–Kier alpha value is -1.92. The normalized spacial score (nSPS) is 26.3. The first-order valence-corrected chi connectivity index (χ1v) is 8.75. The zero-order chi connectivity index (χ0) is 16.8. The molecule has 2 amide bonds. The number of hydrogen-bond donors (Lipinski definition) is 2. The smallest absolute Gasteiger partial charge is 0.221 e. The van der Waals surface area contributed by atoms with E-state index >= 15 is 0 Å². The molecule has 3 rings (SSSR count). The van der Waals surface area contributed by atoms with Crippen LogP contribution >= 0.6 is 0 Å². The molecule has 0 radical (unpaired) electrons. The number of carbonyl (C=O) groups excluding carboxylic acids is 2. The van der Waals surface area contributed by atoms with E-state index in [2.05, 4.69) is 44.7 Å². The van der Waals surface area contributed by atoms with Gasteiger partial charge in [0.2, 0.25) is 11.8 Å². The molecule has 1 aromatic carbocycles. The van der Waals surface area contributed by atoms with E-state index in [0.717, 1.165) is 26.2 Å². The fraction of sp³-hybridized carbons (Fsp3) is 0.556. The van der Waals surface area contributed by atoms with Gasteiger partial charge in [0.05, 0.1) is 0 Å². The highest BCUT2D eigenvalue weighted by Gasteiger charge is 2.17. The van der Waals surface area contributed by atoms with Crippen LogP contribution in [0.2, 0.25) is 0 Å². The first kappa shape index (κ1) is 16.9. The molecule has 2 heterocycles. The van der Waals surface area contributed by atoms with E-state index in [1.54, 1.807) is 0 Å². The molecule has 0 fully saturated rings. The van der Waals surface area contributed by atoms with Crippen LogP contribution in [0, 0.1) is 0 Å². The minimum absolute atomic E-state index is 0.106. The SMILES string of the molecule is O=C1CCN2CCNC(=O)CCN(CCN1)Cc1ccccc1C2. The summed E-state index contributed by atoms with van der Waals surface area (Å²) in [5.41, 5.74) is 2.63. The number of nitrogens with one attached hydrogen (secondary N) is 2. The van der Waals surface area contributed by atoms with Gasteiger partial charge in [0.1, 0.15) is 0 Å². The molecule has 2 aliphatic heterocycles. The molecule has 0 saturated heterocycles. The van der Waals surface area contributed by atoms with Gasteiger partial charge < -0.3 is 10.6 Å². The van der Waals surface area contributed by atoms with Crippen molar-refractivity contribution in [2.45, 2.75) is 25.9 Å². The summed E-state index contributed by atoms with van der Waals surface area (Å²) < 4.78 is 0. The van der Waals surface area contributed by atoms with Gasteiger partial charge >= 0.3 is 0 Å². The van der Waals surface area contributed by atoms with Crippen molar-refractivity contribution in [2.24, 2.45) is 0 Å². The van der Waals surface area contributed by atoms with Gasteiger partial charge in [-0.3, -0.25) is 19.4 Å². The summed E-state index contributed by atoms with van der Waals surface area (Å²) in [4.78, 5) is 28.5. The van der Waals surface area contributed by atoms with Gasteiger partial charge in [-0.25, -0.2) is 0 Å². The second-order valence-corrected chi connectivity index (χ2v) is 6.52. The maximum absolute atomic E-state index is 12.0. The summed E-state index contributed by atoms with van der Waals surface area (Å²) in [6.07, 6.45) is 0.992. The predicted octanol–water partition coefficient (Wildman–Crippen LogP) is 0.330. The number of hydrogen-bond acceptors (Lipinski definition) is 4. The average Bonchev–Trinajstić information content (AvgIpc) is 2.56. The lowest BCUT2D eigenvalue weighted by Gasteiger charge is -2.29. The third-order valence-electron chi connectivity index (χ3n) is 4.72. The highest BCUT2D eigenvalue weighted by molar-refractivity contribution is 5.76. The molecule has 130 valence electrons. The summed E-state index contributed by atoms with van der Waals surface area (Å²) in [6.45, 7) is 5.82. The van der Waals surface area contributed by atoms with Crippen LogP contribution < -0.4 is 10.6 Å². The minimum Gasteiger partial charge on any atom is -0.355 e. The van der Waals surface area contributed by atoms with Gasteiger partial charge in [-0.05, 0) is 11.1 Å². The second kappa shape index (κ2) is 8.26. The van der Waals surface area contributed by atoms with Gasteiger partial charge in [-0.1, -0.05) is 24.3 Å². The van der Waals surface area contributed by atoms with Crippen LogP contribution in [0.25, 0.3) is 0 Å². The first-order valence-electron chi connectivity index (χ1n) is 8.75. The largest absolute Gasteiger partial charge is 0.355 e. The lowest BCUT2D eigenvalue weighted by atomic mass is 10.1. The molecule has 24 heavy (non-hydrogen) atoms. The Morgan fingerprint density at radius 3 is 1.62 bits per heavy atom. The summed E-state index contributed by atoms with van der Waals surface area (Å²) in [5.74, 6) is 0.213. The fourth-order valence-corrected chi connectivity index (χ4v) is 3.29. The van der Waals surface area contributed by atoms with Gasteiger partial charge in [-0.15, -0.1) is 0 Å². The molecule has 2 aliphatic rings. The molecule has 0 aromatic heterocycles. The summed E-state index contributed by atoms with van der Waals surface area (Å²) in [7, 11) is 0. The standard InChI is InChI=1S/C18H26N4O2/c23-17-5-9-21-11-7-19-18(24)6-10-22(12-8-20-17)14-16-4-2-1-3-15(16)13-21/h1-4H,5-14H2,(H,19,24)(H,20,23). The predicted molar refractivity (Wildman–Crippen MR) is 92.2 cm³/mol. The van der Waals surface area contributed by atoms with Crippen molar-refractivity contribution in [3.05, 3.63) is 35.4 Å². The van der Waals surface area contributed by atoms with E-state index in [0.29, 0.717) is 39.0 Å². The lowest BCUT2D eigenvalue weighted by molar-refractivity contribution is -0.123. The van der Waals surface area contributed by atoms with E-state index in [1.165, 1.54) is 11.1 Å². The maximum Gasteiger partial charge on any atom is 0.221 e. The molecule has 0 spiro atoms. The Morgan fingerprint density at radius 1 is 0.708 bits per heavy atom. The van der Waals surface area contributed by atoms with E-state index in [1.807, 2.05) is 0 Å². The van der Waals surface area contributed by atoms with E-state index in [9.17, 15) is 9.59 Å². The molecule has 6 nitrogen and oxygen atoms in total. The quantitative estimate of drug-likeness (QED) is 0.720. The molecule has 2 N–H and O–H groups in total. The van der Waals surface area contributed by atoms with Gasteiger partial charge in [-0.2, -0.15) is 0 Å². The Labute approximate surface area is 143 Å². The second-order valence-electron chi connectivity index (χ2n) is 6.52. The van der Waals surface area contributed by atoms with Crippen LogP contribution in [0.3, 0.4) is 0 Å². The van der Waals surface area contributed by atoms with E-state index in [4.69, 9.17) is 0 Å². The average molecular weight is 330 g/mol. The topological polar surface area (TPSA) is 64.7 Å². The monoisotopic (exact) mass is 330 g/mol. The van der Waals surface area contributed by atoms with Gasteiger partial charge in [0.25, 0.3) is 0 Å². The zero-order valence-electron chi connectivity index (χ0n) is 14.1. The number of fused-ring (bicyclic) bond motifs is 2. The maximum atomic E-state index is 12.0. The first-order chi connectivity index (χ1) is 11.7. The number of carbonyl (C=O) groups is 2. The fourth-order valence-electron chi connectivity index (χ4n) is 3.29. The van der Waals surface area contributed by atoms with Crippen LogP contribution in [0.1, 0.15) is 24.0 Å². The van der Waals surface area contributed by atoms with Crippen molar-refractivity contribution in [3.63, 3.8) is 0 Å². The molecule has 0 saturated carbocycles. The van der Waals surface area contributed by atoms with Crippen molar-refractivity contribution >= 4 is 11.8 Å². The number of benzene rings is 1. The minimum atomic E-state index is 0.106. The van der Waals surface area contributed by atoms with Gasteiger partial charge in [0, 0.05) is 65.2 Å². The number of rotatable bonds is 0. The van der Waals surface area contributed by atoms with Crippen LogP contribution in [0.15, 0.2) is 24.3 Å². The van der Waals surface area contributed by atoms with Crippen LogP contribution in [-0.4, -0.2) is 60.9 Å². The number of nitrogens with zero attached hydrogens (tertiary/aromatic N) is 2. The highest BCUT2D eigenvalue weighted by Crippen LogP contribution is 2.15. The van der Waals surface area contributed by atoms with Crippen molar-refractivity contribution < 1.29 is 9.59 Å². The Morgan fingerprint density at radius 2 is 1.17 bits per heavy atom. The van der Waals surface area contributed by atoms with Crippen LogP contribution in [0.4, 0.5) is 0 Å². The molecule has 2 atom stereocenters. The number of amides is 2. The third-order valence-corrected chi connectivity index (χ3v) is 4.72. The molecule has 2 unspecified atom stereocenters. The molecule has 2 bridgehead atoms. The van der Waals surface area contributed by atoms with Crippen molar-refractivity contribution in [1.82, 2.24) is 20.4 Å². The van der Waals surface area contributed by atoms with Gasteiger partial charge in [0.15, 0.2) is 0 Å². The van der Waals surface area contributed by atoms with Crippen molar-refractivity contribution in [1.29, 1.82) is 0 Å². The molecule has 0 aliphatic carbocycles. The summed E-state index contributed by atoms with van der Waals surface area (Å²) in [5, 5.41) is 5.99. The third kappa shape index (κ3) is 4.79. The van der Waals surface area contributed by atoms with Crippen LogP contribution in [-0.2, 0) is 22.7 Å². The Kier molecular flexibility index (Phi) is 5.82. The summed E-state index contributed by atoms with van der Waals surface area (Å²) in [6, 6.07) is 8.51. The molecular weight excluding hydrogens is 304 g/mol. The van der Waals surface area contributed by atoms with Crippen LogP contribution in [0.5, 0.6) is 0 Å². The molecular formula is C18H26N4O2. The lowest BCUT2D eigenvalue weighted by Crippen LogP contribution is -2.42. The molecule has 6 heteroatoms. The summed E-state index contributed by atoms with van der Waals surface area (Å²) >= 11 is 0. The van der Waals surface area contributed by atoms with E-state index in [-0.39, 0.29) is 11.8 Å². The Balaban J connectivity index is 1.89. The molecule has 1 aromatic rings. The van der Waals surface area contributed by atoms with Crippen molar-refractivity contribution in [3.8, 4) is 0 Å². The Bertz CT molecular complexity index is 539. The highest BCUT2D eigenvalue weighted by atomic mass is 16.2. The zero-order valence-corrected chi connectivity index (χ0v) is 14.1. The van der Waals surface area contributed by atoms with Crippen molar-refractivity contribution in [2.75, 3.05) is 39.3 Å². The van der Waals surface area contributed by atoms with E-state index < -0.39 is 0 Å².